The highest BCUT2D eigenvalue weighted by molar-refractivity contribution is 5.77. The van der Waals surface area contributed by atoms with Crippen LogP contribution in [0.1, 0.15) is 50.6 Å². The first-order valence-electron chi connectivity index (χ1n) is 10.4. The molecule has 0 unspecified atom stereocenters. The van der Waals surface area contributed by atoms with Crippen molar-refractivity contribution < 1.29 is 4.79 Å². The molecule has 5 fully saturated rings. The van der Waals surface area contributed by atoms with E-state index in [1.54, 1.807) is 6.33 Å². The highest BCUT2D eigenvalue weighted by Crippen LogP contribution is 2.61. The summed E-state index contributed by atoms with van der Waals surface area (Å²) in [5, 5.41) is 0. The van der Waals surface area contributed by atoms with Gasteiger partial charge in [-0.05, 0) is 68.6 Å². The molecule has 1 aromatic heterocycles. The summed E-state index contributed by atoms with van der Waals surface area (Å²) in [6, 6.07) is 2.03. The minimum Gasteiger partial charge on any atom is -0.353 e. The van der Waals surface area contributed by atoms with Crippen molar-refractivity contribution in [3.63, 3.8) is 0 Å². The second-order valence-electron chi connectivity index (χ2n) is 9.48. The molecule has 4 saturated carbocycles. The highest BCUT2D eigenvalue weighted by Gasteiger charge is 2.51. The molecule has 1 saturated heterocycles. The van der Waals surface area contributed by atoms with Gasteiger partial charge < -0.3 is 9.80 Å². The van der Waals surface area contributed by atoms with Crippen LogP contribution in [0.4, 0.5) is 5.82 Å². The Bertz CT molecular complexity index is 660. The molecule has 0 spiro atoms. The first-order valence-corrected chi connectivity index (χ1v) is 10.4. The fraction of sp³-hybridized carbons (Fsp3) is 0.762. The Morgan fingerprint density at radius 2 is 1.65 bits per heavy atom. The van der Waals surface area contributed by atoms with E-state index in [1.165, 1.54) is 38.5 Å². The maximum absolute atomic E-state index is 13.1. The van der Waals surface area contributed by atoms with Crippen molar-refractivity contribution in [2.45, 2.75) is 51.9 Å². The minimum absolute atomic E-state index is 0.354. The smallest absolute Gasteiger partial charge is 0.223 e. The number of nitrogens with zero attached hydrogens (tertiary/aromatic N) is 4. The Hall–Kier alpha value is -1.65. The van der Waals surface area contributed by atoms with Crippen LogP contribution in [0.25, 0.3) is 0 Å². The number of hydrogen-bond donors (Lipinski definition) is 0. The van der Waals surface area contributed by atoms with Crippen LogP contribution in [0.5, 0.6) is 0 Å². The number of carbonyl (C=O) groups is 1. The van der Waals surface area contributed by atoms with E-state index in [0.29, 0.717) is 11.3 Å². The molecule has 0 atom stereocenters. The largest absolute Gasteiger partial charge is 0.353 e. The van der Waals surface area contributed by atoms with Gasteiger partial charge >= 0.3 is 0 Å². The molecule has 26 heavy (non-hydrogen) atoms. The number of amides is 1. The molecule has 0 aromatic carbocycles. The summed E-state index contributed by atoms with van der Waals surface area (Å²) < 4.78 is 0. The summed E-state index contributed by atoms with van der Waals surface area (Å²) >= 11 is 0. The van der Waals surface area contributed by atoms with E-state index in [-0.39, 0.29) is 0 Å². The maximum Gasteiger partial charge on any atom is 0.223 e. The number of anilines is 1. The highest BCUT2D eigenvalue weighted by atomic mass is 16.2. The minimum atomic E-state index is 0.354. The molecule has 2 heterocycles. The molecule has 1 aromatic rings. The summed E-state index contributed by atoms with van der Waals surface area (Å²) in [4.78, 5) is 26.0. The third-order valence-corrected chi connectivity index (χ3v) is 7.44. The fourth-order valence-corrected chi connectivity index (χ4v) is 6.74. The van der Waals surface area contributed by atoms with Gasteiger partial charge in [0.1, 0.15) is 12.1 Å². The second kappa shape index (κ2) is 6.21. The molecule has 5 heteroatoms. The maximum atomic E-state index is 13.1. The Balaban J connectivity index is 1.20. The van der Waals surface area contributed by atoms with Gasteiger partial charge in [0, 0.05) is 44.4 Å². The molecular formula is C21H30N4O. The van der Waals surface area contributed by atoms with Crippen molar-refractivity contribution in [2.24, 2.45) is 23.2 Å². The van der Waals surface area contributed by atoms with Crippen LogP contribution in [0.15, 0.2) is 12.4 Å². The van der Waals surface area contributed by atoms with Gasteiger partial charge in [0.05, 0.1) is 0 Å². The normalized spacial score (nSPS) is 35.8. The molecule has 1 aliphatic heterocycles. The summed E-state index contributed by atoms with van der Waals surface area (Å²) in [5.41, 5.74) is 1.35. The second-order valence-corrected chi connectivity index (χ2v) is 9.48. The molecule has 5 nitrogen and oxygen atoms in total. The first-order chi connectivity index (χ1) is 12.6. The predicted octanol–water partition coefficient (Wildman–Crippen LogP) is 3.04. The number of hydrogen-bond acceptors (Lipinski definition) is 4. The van der Waals surface area contributed by atoms with Gasteiger partial charge in [0.2, 0.25) is 5.91 Å². The van der Waals surface area contributed by atoms with E-state index in [4.69, 9.17) is 0 Å². The van der Waals surface area contributed by atoms with E-state index in [0.717, 1.165) is 61.9 Å². The molecule has 0 radical (unpaired) electrons. The third-order valence-electron chi connectivity index (χ3n) is 7.44. The lowest BCUT2D eigenvalue weighted by molar-refractivity contribution is -0.139. The lowest BCUT2D eigenvalue weighted by Gasteiger charge is -2.57. The number of rotatable bonds is 3. The van der Waals surface area contributed by atoms with Crippen molar-refractivity contribution in [2.75, 3.05) is 31.1 Å². The van der Waals surface area contributed by atoms with Crippen LogP contribution in [0.3, 0.4) is 0 Å². The molecule has 0 N–H and O–H groups in total. The van der Waals surface area contributed by atoms with Crippen LogP contribution < -0.4 is 4.90 Å². The van der Waals surface area contributed by atoms with Crippen molar-refractivity contribution in [1.29, 1.82) is 0 Å². The predicted molar refractivity (Wildman–Crippen MR) is 101 cm³/mol. The first kappa shape index (κ1) is 16.5. The van der Waals surface area contributed by atoms with Gasteiger partial charge in [0.25, 0.3) is 0 Å². The number of carbonyl (C=O) groups excluding carboxylic acids is 1. The zero-order valence-electron chi connectivity index (χ0n) is 15.9. The van der Waals surface area contributed by atoms with Gasteiger partial charge in [-0.15, -0.1) is 0 Å². The van der Waals surface area contributed by atoms with Crippen molar-refractivity contribution >= 4 is 11.7 Å². The lowest BCUT2D eigenvalue weighted by atomic mass is 9.49. The summed E-state index contributed by atoms with van der Waals surface area (Å²) in [6.45, 7) is 5.41. The van der Waals surface area contributed by atoms with Gasteiger partial charge in [0.15, 0.2) is 0 Å². The van der Waals surface area contributed by atoms with Crippen LogP contribution in [-0.2, 0) is 4.79 Å². The molecule has 140 valence electrons. The SMILES string of the molecule is Cc1cc(N2CCN(C(=O)CC34CC5CC(CC(C5)C3)C4)CC2)ncn1. The Morgan fingerprint density at radius 1 is 1.04 bits per heavy atom. The topological polar surface area (TPSA) is 49.3 Å². The zero-order chi connectivity index (χ0) is 17.7. The van der Waals surface area contributed by atoms with Crippen molar-refractivity contribution in [1.82, 2.24) is 14.9 Å². The number of piperazine rings is 1. The third kappa shape index (κ3) is 2.99. The summed E-state index contributed by atoms with van der Waals surface area (Å²) in [6.07, 6.45) is 10.8. The molecule has 5 aliphatic rings. The Kier molecular flexibility index (Phi) is 3.94. The van der Waals surface area contributed by atoms with Crippen LogP contribution in [-0.4, -0.2) is 47.0 Å². The fourth-order valence-electron chi connectivity index (χ4n) is 6.74. The Morgan fingerprint density at radius 3 is 2.23 bits per heavy atom. The summed E-state index contributed by atoms with van der Waals surface area (Å²) in [5.74, 6) is 4.17. The number of aryl methyl sites for hydroxylation is 1. The molecule has 4 bridgehead atoms. The van der Waals surface area contributed by atoms with E-state index in [9.17, 15) is 4.79 Å². The van der Waals surface area contributed by atoms with Gasteiger partial charge in [-0.2, -0.15) is 0 Å². The average Bonchev–Trinajstić information content (AvgIpc) is 2.60. The van der Waals surface area contributed by atoms with E-state index < -0.39 is 0 Å². The van der Waals surface area contributed by atoms with Crippen molar-refractivity contribution in [3.05, 3.63) is 18.1 Å². The lowest BCUT2D eigenvalue weighted by Crippen LogP contribution is -2.52. The van der Waals surface area contributed by atoms with Crippen LogP contribution >= 0.6 is 0 Å². The van der Waals surface area contributed by atoms with Crippen LogP contribution in [0.2, 0.25) is 0 Å². The van der Waals surface area contributed by atoms with Gasteiger partial charge in [-0.25, -0.2) is 9.97 Å². The van der Waals surface area contributed by atoms with E-state index in [1.807, 2.05) is 13.0 Å². The van der Waals surface area contributed by atoms with E-state index >= 15 is 0 Å². The molecular weight excluding hydrogens is 324 g/mol. The molecule has 6 rings (SSSR count). The van der Waals surface area contributed by atoms with Crippen LogP contribution in [0, 0.1) is 30.1 Å². The number of aromatic nitrogens is 2. The zero-order valence-corrected chi connectivity index (χ0v) is 15.9. The monoisotopic (exact) mass is 354 g/mol. The summed E-state index contributed by atoms with van der Waals surface area (Å²) in [7, 11) is 0. The van der Waals surface area contributed by atoms with Gasteiger partial charge in [-0.3, -0.25) is 4.79 Å². The quantitative estimate of drug-likeness (QED) is 0.837. The molecule has 4 aliphatic carbocycles. The average molecular weight is 354 g/mol. The molecule has 1 amide bonds. The van der Waals surface area contributed by atoms with Gasteiger partial charge in [-0.1, -0.05) is 0 Å². The Labute approximate surface area is 156 Å². The van der Waals surface area contributed by atoms with Crippen molar-refractivity contribution in [3.8, 4) is 0 Å². The standard InChI is InChI=1S/C21H30N4O/c1-15-6-19(23-14-22-15)24-2-4-25(5-3-24)20(26)13-21-10-16-7-17(11-21)9-18(8-16)12-21/h6,14,16-18H,2-5,7-13H2,1H3. The van der Waals surface area contributed by atoms with E-state index in [2.05, 4.69) is 19.8 Å².